The van der Waals surface area contributed by atoms with E-state index in [-0.39, 0.29) is 23.8 Å². The van der Waals surface area contributed by atoms with E-state index in [1.807, 2.05) is 26.0 Å². The van der Waals surface area contributed by atoms with Crippen molar-refractivity contribution in [3.63, 3.8) is 0 Å². The summed E-state index contributed by atoms with van der Waals surface area (Å²) in [5.41, 5.74) is 1.91. The minimum Gasteiger partial charge on any atom is -0.496 e. The molecule has 0 radical (unpaired) electrons. The van der Waals surface area contributed by atoms with Gasteiger partial charge in [-0.25, -0.2) is 9.36 Å². The lowest BCUT2D eigenvalue weighted by atomic mass is 10.1. The van der Waals surface area contributed by atoms with Gasteiger partial charge in [0.1, 0.15) is 5.75 Å². The SMILES string of the molecule is C=CC(=O)N1CCCN(C(=O)c2cc(Sc3cnc(NC(=O)c4cnsc4)s3)c(C)cc2OC)CC1C. The van der Waals surface area contributed by atoms with Crippen LogP contribution in [0.25, 0.3) is 0 Å². The second kappa shape index (κ2) is 11.9. The molecule has 1 unspecified atom stereocenters. The Bertz CT molecular complexity index is 1310. The zero-order chi connectivity index (χ0) is 26.5. The van der Waals surface area contributed by atoms with E-state index in [1.165, 1.54) is 46.9 Å². The summed E-state index contributed by atoms with van der Waals surface area (Å²) in [6, 6.07) is 3.58. The van der Waals surface area contributed by atoms with Crippen molar-refractivity contribution >= 4 is 57.5 Å². The number of thiazole rings is 1. The van der Waals surface area contributed by atoms with Gasteiger partial charge in [0.15, 0.2) is 5.13 Å². The Morgan fingerprint density at radius 1 is 1.27 bits per heavy atom. The molecular formula is C25H27N5O4S3. The number of rotatable bonds is 7. The van der Waals surface area contributed by atoms with E-state index in [0.29, 0.717) is 48.1 Å². The van der Waals surface area contributed by atoms with Gasteiger partial charge in [0.25, 0.3) is 11.8 Å². The number of ether oxygens (including phenoxy) is 1. The highest BCUT2D eigenvalue weighted by Crippen LogP contribution is 2.38. The topological polar surface area (TPSA) is 105 Å². The van der Waals surface area contributed by atoms with Crippen molar-refractivity contribution in [2.45, 2.75) is 35.4 Å². The largest absolute Gasteiger partial charge is 0.496 e. The molecule has 1 atom stereocenters. The van der Waals surface area contributed by atoms with Gasteiger partial charge in [0.05, 0.1) is 34.8 Å². The number of carbonyl (C=O) groups excluding carboxylic acids is 3. The summed E-state index contributed by atoms with van der Waals surface area (Å²) in [6.07, 6.45) is 5.21. The summed E-state index contributed by atoms with van der Waals surface area (Å²) in [6.45, 7) is 9.03. The summed E-state index contributed by atoms with van der Waals surface area (Å²) < 4.78 is 10.4. The summed E-state index contributed by atoms with van der Waals surface area (Å²) in [7, 11) is 1.55. The molecule has 1 aliphatic heterocycles. The number of methoxy groups -OCH3 is 1. The molecule has 1 aromatic carbocycles. The molecule has 0 saturated carbocycles. The molecule has 9 nitrogen and oxygen atoms in total. The number of hydrogen-bond acceptors (Lipinski definition) is 9. The van der Waals surface area contributed by atoms with Crippen molar-refractivity contribution in [1.29, 1.82) is 0 Å². The highest BCUT2D eigenvalue weighted by Gasteiger charge is 2.29. The van der Waals surface area contributed by atoms with Crippen molar-refractivity contribution < 1.29 is 19.1 Å². The monoisotopic (exact) mass is 557 g/mol. The smallest absolute Gasteiger partial charge is 0.259 e. The van der Waals surface area contributed by atoms with Gasteiger partial charge in [-0.05, 0) is 55.6 Å². The van der Waals surface area contributed by atoms with E-state index in [4.69, 9.17) is 4.74 Å². The van der Waals surface area contributed by atoms with Crippen LogP contribution >= 0.6 is 34.6 Å². The summed E-state index contributed by atoms with van der Waals surface area (Å²) in [4.78, 5) is 46.9. The van der Waals surface area contributed by atoms with Gasteiger partial charge in [-0.2, -0.15) is 0 Å². The molecular weight excluding hydrogens is 531 g/mol. The fraction of sp³-hybridized carbons (Fsp3) is 0.320. The molecule has 4 rings (SSSR count). The average Bonchev–Trinajstić information content (AvgIpc) is 3.54. The first-order chi connectivity index (χ1) is 17.8. The van der Waals surface area contributed by atoms with Crippen LogP contribution in [0.2, 0.25) is 0 Å². The molecule has 37 heavy (non-hydrogen) atoms. The minimum atomic E-state index is -0.256. The molecule has 1 aliphatic rings. The fourth-order valence-corrected chi connectivity index (χ4v) is 6.48. The molecule has 194 valence electrons. The maximum absolute atomic E-state index is 13.6. The Morgan fingerprint density at radius 3 is 2.78 bits per heavy atom. The Balaban J connectivity index is 1.52. The number of nitrogens with zero attached hydrogens (tertiary/aromatic N) is 4. The van der Waals surface area contributed by atoms with E-state index in [1.54, 1.807) is 28.5 Å². The van der Waals surface area contributed by atoms with E-state index in [0.717, 1.165) is 14.7 Å². The molecule has 3 amide bonds. The third-order valence-corrected chi connectivity index (χ3v) is 8.69. The van der Waals surface area contributed by atoms with Gasteiger partial charge in [-0.3, -0.25) is 19.7 Å². The lowest BCUT2D eigenvalue weighted by Gasteiger charge is -2.28. The normalized spacial score (nSPS) is 15.7. The first-order valence-electron chi connectivity index (χ1n) is 11.6. The molecule has 0 bridgehead atoms. The molecule has 3 heterocycles. The van der Waals surface area contributed by atoms with E-state index >= 15 is 0 Å². The quantitative estimate of drug-likeness (QED) is 0.425. The average molecular weight is 558 g/mol. The molecule has 0 aliphatic carbocycles. The van der Waals surface area contributed by atoms with E-state index in [9.17, 15) is 14.4 Å². The predicted octanol–water partition coefficient (Wildman–Crippen LogP) is 4.57. The van der Waals surface area contributed by atoms with Gasteiger partial charge in [-0.15, -0.1) is 0 Å². The van der Waals surface area contributed by atoms with Crippen LogP contribution in [0.15, 0.2) is 51.7 Å². The van der Waals surface area contributed by atoms with E-state index in [2.05, 4.69) is 21.3 Å². The summed E-state index contributed by atoms with van der Waals surface area (Å²) in [5, 5.41) is 4.95. The van der Waals surface area contributed by atoms with Crippen molar-refractivity contribution in [3.05, 3.63) is 59.3 Å². The zero-order valence-electron chi connectivity index (χ0n) is 20.7. The second-order valence-electron chi connectivity index (χ2n) is 8.46. The predicted molar refractivity (Wildman–Crippen MR) is 146 cm³/mol. The van der Waals surface area contributed by atoms with Crippen LogP contribution in [-0.4, -0.2) is 69.7 Å². The van der Waals surface area contributed by atoms with Crippen LogP contribution in [0.4, 0.5) is 5.13 Å². The zero-order valence-corrected chi connectivity index (χ0v) is 23.2. The van der Waals surface area contributed by atoms with Crippen LogP contribution in [-0.2, 0) is 4.79 Å². The number of benzene rings is 1. The fourth-order valence-electron chi connectivity index (χ4n) is 4.03. The Morgan fingerprint density at radius 2 is 2.08 bits per heavy atom. The standard InChI is InChI=1S/C25H27N5O4S3/c1-5-21(31)30-8-6-7-29(13-16(30)3)24(33)18-10-20(15(2)9-19(18)34-4)36-22-12-26-25(37-22)28-23(32)17-11-27-35-14-17/h5,9-12,14,16H,1,6-8,13H2,2-4H3,(H,26,28,32). The van der Waals surface area contributed by atoms with E-state index < -0.39 is 0 Å². The van der Waals surface area contributed by atoms with Crippen LogP contribution in [0, 0.1) is 6.92 Å². The molecule has 2 aromatic heterocycles. The van der Waals surface area contributed by atoms with Gasteiger partial charge < -0.3 is 14.5 Å². The lowest BCUT2D eigenvalue weighted by molar-refractivity contribution is -0.127. The molecule has 1 fully saturated rings. The van der Waals surface area contributed by atoms with Gasteiger partial charge in [0.2, 0.25) is 5.91 Å². The number of aromatic nitrogens is 2. The van der Waals surface area contributed by atoms with Gasteiger partial charge >= 0.3 is 0 Å². The number of hydrogen-bond donors (Lipinski definition) is 1. The maximum atomic E-state index is 13.6. The van der Waals surface area contributed by atoms with Crippen molar-refractivity contribution in [2.75, 3.05) is 32.1 Å². The third kappa shape index (κ3) is 6.20. The number of aryl methyl sites for hydroxylation is 1. The Kier molecular flexibility index (Phi) is 8.62. The highest BCUT2D eigenvalue weighted by molar-refractivity contribution is 8.01. The Hall–Kier alpha value is -3.22. The molecule has 1 saturated heterocycles. The molecule has 1 N–H and O–H groups in total. The number of anilines is 1. The third-order valence-electron chi connectivity index (χ3n) is 5.93. The second-order valence-corrected chi connectivity index (χ2v) is 11.5. The van der Waals surface area contributed by atoms with Gasteiger partial charge in [-0.1, -0.05) is 29.7 Å². The number of amides is 3. The lowest BCUT2D eigenvalue weighted by Crippen LogP contribution is -2.43. The summed E-state index contributed by atoms with van der Waals surface area (Å²) in [5.74, 6) is -0.0156. The minimum absolute atomic E-state index is 0.125. The molecule has 0 spiro atoms. The van der Waals surface area contributed by atoms with Crippen molar-refractivity contribution in [2.24, 2.45) is 0 Å². The molecule has 12 heteroatoms. The molecule has 3 aromatic rings. The van der Waals surface area contributed by atoms with Crippen molar-refractivity contribution in [3.8, 4) is 5.75 Å². The first kappa shape index (κ1) is 26.8. The first-order valence-corrected chi connectivity index (χ1v) is 14.0. The van der Waals surface area contributed by atoms with Crippen LogP contribution in [0.1, 0.15) is 39.6 Å². The number of nitrogens with one attached hydrogen (secondary N) is 1. The van der Waals surface area contributed by atoms with Crippen LogP contribution < -0.4 is 10.1 Å². The Labute approximate surface area is 227 Å². The van der Waals surface area contributed by atoms with Crippen LogP contribution in [0.3, 0.4) is 0 Å². The van der Waals surface area contributed by atoms with Crippen LogP contribution in [0.5, 0.6) is 5.75 Å². The van der Waals surface area contributed by atoms with Crippen molar-refractivity contribution in [1.82, 2.24) is 19.2 Å². The summed E-state index contributed by atoms with van der Waals surface area (Å²) >= 11 is 4.04. The van der Waals surface area contributed by atoms with Gasteiger partial charge in [0, 0.05) is 36.0 Å². The number of carbonyl (C=O) groups is 3. The highest BCUT2D eigenvalue weighted by atomic mass is 32.2. The maximum Gasteiger partial charge on any atom is 0.259 e.